The number of hydrogen-bond donors (Lipinski definition) is 0. The van der Waals surface area contributed by atoms with Crippen LogP contribution < -0.4 is 4.90 Å². The molecular formula is C23H34N6O3. The van der Waals surface area contributed by atoms with Crippen LogP contribution in [-0.4, -0.2) is 83.3 Å². The number of fused-ring (bicyclic) bond motifs is 1. The third-order valence-corrected chi connectivity index (χ3v) is 5.74. The number of hydrogen-bond acceptors (Lipinski definition) is 6. The highest BCUT2D eigenvalue weighted by atomic mass is 16.5. The van der Waals surface area contributed by atoms with Gasteiger partial charge in [-0.25, -0.2) is 9.67 Å². The summed E-state index contributed by atoms with van der Waals surface area (Å²) in [6, 6.07) is 7.83. The fourth-order valence-electron chi connectivity index (χ4n) is 4.02. The molecule has 2 amide bonds. The largest absolute Gasteiger partial charge is 0.375 e. The van der Waals surface area contributed by atoms with Crippen molar-refractivity contribution < 1.29 is 14.3 Å². The average molecular weight is 443 g/mol. The number of benzene rings is 1. The molecule has 0 radical (unpaired) electrons. The molecule has 3 rings (SSSR count). The van der Waals surface area contributed by atoms with E-state index in [1.54, 1.807) is 9.58 Å². The van der Waals surface area contributed by atoms with Crippen LogP contribution in [0.1, 0.15) is 30.1 Å². The van der Waals surface area contributed by atoms with Gasteiger partial charge in [-0.05, 0) is 45.5 Å². The van der Waals surface area contributed by atoms with Crippen LogP contribution >= 0.6 is 0 Å². The number of rotatable bonds is 5. The second-order valence-corrected chi connectivity index (χ2v) is 8.26. The summed E-state index contributed by atoms with van der Waals surface area (Å²) < 4.78 is 6.89. The summed E-state index contributed by atoms with van der Waals surface area (Å²) in [4.78, 5) is 36.2. The van der Waals surface area contributed by atoms with E-state index in [0.717, 1.165) is 36.6 Å². The van der Waals surface area contributed by atoms with Gasteiger partial charge in [0.2, 0.25) is 5.91 Å². The minimum absolute atomic E-state index is 0.0312. The first-order valence-electron chi connectivity index (χ1n) is 11.1. The van der Waals surface area contributed by atoms with Gasteiger partial charge in [0.05, 0.1) is 6.54 Å². The van der Waals surface area contributed by atoms with Crippen LogP contribution in [0.2, 0.25) is 0 Å². The zero-order valence-electron chi connectivity index (χ0n) is 19.6. The second kappa shape index (κ2) is 11.2. The Labute approximate surface area is 189 Å². The maximum absolute atomic E-state index is 13.2. The minimum Gasteiger partial charge on any atom is -0.375 e. The van der Waals surface area contributed by atoms with Crippen molar-refractivity contribution in [2.45, 2.75) is 39.8 Å². The molecule has 0 bridgehead atoms. The number of ether oxygens (including phenoxy) is 1. The topological polar surface area (TPSA) is 83.8 Å². The number of anilines is 1. The van der Waals surface area contributed by atoms with Gasteiger partial charge in [-0.3, -0.25) is 9.59 Å². The van der Waals surface area contributed by atoms with Crippen LogP contribution in [0.3, 0.4) is 0 Å². The molecule has 32 heavy (non-hydrogen) atoms. The van der Waals surface area contributed by atoms with Crippen LogP contribution in [0.25, 0.3) is 0 Å². The van der Waals surface area contributed by atoms with Gasteiger partial charge < -0.3 is 19.4 Å². The normalized spacial score (nSPS) is 15.9. The number of nitrogens with zero attached hydrogens (tertiary/aromatic N) is 6. The van der Waals surface area contributed by atoms with E-state index >= 15 is 0 Å². The van der Waals surface area contributed by atoms with E-state index in [2.05, 4.69) is 22.0 Å². The average Bonchev–Trinajstić information content (AvgIpc) is 3.08. The highest BCUT2D eigenvalue weighted by Gasteiger charge is 2.23. The molecule has 9 heteroatoms. The van der Waals surface area contributed by atoms with Gasteiger partial charge in [0, 0.05) is 45.4 Å². The number of aromatic nitrogens is 3. The molecule has 0 aliphatic carbocycles. The number of amides is 2. The fourth-order valence-corrected chi connectivity index (χ4v) is 4.02. The lowest BCUT2D eigenvalue weighted by atomic mass is 10.1. The second-order valence-electron chi connectivity index (χ2n) is 8.26. The van der Waals surface area contributed by atoms with Crippen molar-refractivity contribution in [3.8, 4) is 0 Å². The van der Waals surface area contributed by atoms with E-state index in [1.165, 1.54) is 7.11 Å². The van der Waals surface area contributed by atoms with Crippen molar-refractivity contribution in [1.29, 1.82) is 0 Å². The maximum Gasteiger partial charge on any atom is 0.252 e. The predicted octanol–water partition coefficient (Wildman–Crippen LogP) is 1.63. The van der Waals surface area contributed by atoms with Crippen molar-refractivity contribution in [3.05, 3.63) is 41.5 Å². The summed E-state index contributed by atoms with van der Waals surface area (Å²) in [5.74, 6) is 1.51. The first-order chi connectivity index (χ1) is 15.4. The van der Waals surface area contributed by atoms with Crippen molar-refractivity contribution in [3.63, 3.8) is 0 Å². The molecule has 1 aromatic carbocycles. The Morgan fingerprint density at radius 3 is 2.56 bits per heavy atom. The fraction of sp³-hybridized carbons (Fsp3) is 0.565. The van der Waals surface area contributed by atoms with E-state index in [1.807, 2.05) is 43.0 Å². The Kier molecular flexibility index (Phi) is 8.35. The predicted molar refractivity (Wildman–Crippen MR) is 122 cm³/mol. The van der Waals surface area contributed by atoms with E-state index in [9.17, 15) is 9.59 Å². The monoisotopic (exact) mass is 442 g/mol. The lowest BCUT2D eigenvalue weighted by molar-refractivity contribution is -0.132. The summed E-state index contributed by atoms with van der Waals surface area (Å²) in [6.45, 7) is 7.60. The lowest BCUT2D eigenvalue weighted by Gasteiger charge is -2.28. The molecule has 0 unspecified atom stereocenters. The van der Waals surface area contributed by atoms with Gasteiger partial charge >= 0.3 is 0 Å². The van der Waals surface area contributed by atoms with E-state index < -0.39 is 0 Å². The molecule has 0 saturated carbocycles. The summed E-state index contributed by atoms with van der Waals surface area (Å²) >= 11 is 0. The van der Waals surface area contributed by atoms with E-state index in [0.29, 0.717) is 38.4 Å². The summed E-state index contributed by atoms with van der Waals surface area (Å²) in [5.41, 5.74) is 1.81. The SMILES string of the molecule is COCC(=O)N1CCCN(C)CCN(C(=O)CCn2nc(C)nc2C)Cc2ccccc21. The lowest BCUT2D eigenvalue weighted by Crippen LogP contribution is -2.37. The summed E-state index contributed by atoms with van der Waals surface area (Å²) in [5, 5.41) is 4.37. The van der Waals surface area contributed by atoms with Crippen molar-refractivity contribution >= 4 is 17.5 Å². The number of aryl methyl sites for hydroxylation is 3. The van der Waals surface area contributed by atoms with Gasteiger partial charge in [0.15, 0.2) is 0 Å². The maximum atomic E-state index is 13.2. The molecular weight excluding hydrogens is 408 g/mol. The molecule has 1 aliphatic rings. The highest BCUT2D eigenvalue weighted by Crippen LogP contribution is 2.24. The first-order valence-corrected chi connectivity index (χ1v) is 11.1. The third-order valence-electron chi connectivity index (χ3n) is 5.74. The smallest absolute Gasteiger partial charge is 0.252 e. The quantitative estimate of drug-likeness (QED) is 0.700. The van der Waals surface area contributed by atoms with Gasteiger partial charge in [-0.1, -0.05) is 18.2 Å². The van der Waals surface area contributed by atoms with Crippen LogP contribution in [-0.2, 0) is 27.4 Å². The Morgan fingerprint density at radius 1 is 1.06 bits per heavy atom. The zero-order chi connectivity index (χ0) is 23.1. The minimum atomic E-state index is -0.0725. The van der Waals surface area contributed by atoms with Gasteiger partial charge in [-0.2, -0.15) is 5.10 Å². The highest BCUT2D eigenvalue weighted by molar-refractivity contribution is 5.95. The van der Waals surface area contributed by atoms with Gasteiger partial charge in [0.1, 0.15) is 18.3 Å². The molecule has 1 aromatic heterocycles. The molecule has 1 aliphatic heterocycles. The van der Waals surface area contributed by atoms with E-state index in [-0.39, 0.29) is 18.4 Å². The standard InChI is InChI=1S/C23H34N6O3/c1-18-24-19(2)29(25-18)13-10-22(30)27-15-14-26(3)11-7-12-28(23(31)17-32-4)21-9-6-5-8-20(21)16-27/h5-6,8-9H,7,10-17H2,1-4H3. The van der Waals surface area contributed by atoms with Crippen molar-refractivity contribution in [1.82, 2.24) is 24.6 Å². The van der Waals surface area contributed by atoms with Gasteiger partial charge in [0.25, 0.3) is 5.91 Å². The first kappa shape index (κ1) is 23.9. The van der Waals surface area contributed by atoms with Crippen LogP contribution in [0.5, 0.6) is 0 Å². The Bertz CT molecular complexity index is 928. The van der Waals surface area contributed by atoms with E-state index in [4.69, 9.17) is 4.74 Å². The van der Waals surface area contributed by atoms with Crippen molar-refractivity contribution in [2.24, 2.45) is 0 Å². The van der Waals surface area contributed by atoms with Crippen molar-refractivity contribution in [2.75, 3.05) is 51.8 Å². The van der Waals surface area contributed by atoms with Crippen LogP contribution in [0.4, 0.5) is 5.69 Å². The van der Waals surface area contributed by atoms with Crippen LogP contribution in [0.15, 0.2) is 24.3 Å². The molecule has 0 N–H and O–H groups in total. The third kappa shape index (κ3) is 6.14. The number of para-hydroxylation sites is 1. The number of methoxy groups -OCH3 is 1. The molecule has 0 spiro atoms. The van der Waals surface area contributed by atoms with Crippen LogP contribution in [0, 0.1) is 13.8 Å². The Hall–Kier alpha value is -2.78. The molecule has 174 valence electrons. The molecule has 9 nitrogen and oxygen atoms in total. The molecule has 2 heterocycles. The summed E-state index contributed by atoms with van der Waals surface area (Å²) in [6.07, 6.45) is 1.20. The Morgan fingerprint density at radius 2 is 1.84 bits per heavy atom. The zero-order valence-corrected chi connectivity index (χ0v) is 19.6. The molecule has 0 saturated heterocycles. The van der Waals surface area contributed by atoms with Gasteiger partial charge in [-0.15, -0.1) is 0 Å². The molecule has 0 atom stereocenters. The number of carbonyl (C=O) groups excluding carboxylic acids is 2. The Balaban J connectivity index is 1.83. The summed E-state index contributed by atoms with van der Waals surface area (Å²) in [7, 11) is 3.58. The number of carbonyl (C=O) groups is 2. The molecule has 0 fully saturated rings. The molecule has 2 aromatic rings. The number of likely N-dealkylation sites (N-methyl/N-ethyl adjacent to an activating group) is 1.